The van der Waals surface area contributed by atoms with Crippen LogP contribution in [0.4, 0.5) is 4.39 Å². The Hall–Kier alpha value is -1.34. The van der Waals surface area contributed by atoms with Crippen LogP contribution in [0.5, 0.6) is 0 Å². The monoisotopic (exact) mass is 447 g/mol. The van der Waals surface area contributed by atoms with Crippen LogP contribution in [-0.4, -0.2) is 19.6 Å². The summed E-state index contributed by atoms with van der Waals surface area (Å²) < 4.78 is 12.8. The molecule has 0 saturated heterocycles. The molecule has 2 aromatic carbocycles. The highest BCUT2D eigenvalue weighted by molar-refractivity contribution is 14.0. The molecule has 0 atom stereocenters. The molecule has 0 heterocycles. The normalized spacial score (nSPS) is 10.8. The van der Waals surface area contributed by atoms with Crippen LogP contribution >= 0.6 is 35.6 Å². The first-order valence-electron chi connectivity index (χ1n) is 7.11. The molecule has 0 bridgehead atoms. The molecule has 0 amide bonds. The lowest BCUT2D eigenvalue weighted by Gasteiger charge is -2.12. The van der Waals surface area contributed by atoms with E-state index in [2.05, 4.69) is 15.6 Å². The molecule has 6 heteroatoms. The fourth-order valence-electron chi connectivity index (χ4n) is 2.03. The Morgan fingerprint density at radius 3 is 2.48 bits per heavy atom. The zero-order valence-corrected chi connectivity index (χ0v) is 15.9. The lowest BCUT2D eigenvalue weighted by atomic mass is 10.1. The molecule has 2 aromatic rings. The number of halogens is 3. The standard InChI is InChI=1S/C17H19ClFN3.HI/c1-20-17(22-12-14-3-2-4-15(18)11-14)21-10-9-13-5-7-16(19)8-6-13;/h2-8,11H,9-10,12H2,1H3,(H2,20,21,22);1H. The topological polar surface area (TPSA) is 36.4 Å². The highest BCUT2D eigenvalue weighted by Crippen LogP contribution is 2.10. The van der Waals surface area contributed by atoms with E-state index in [0.29, 0.717) is 6.54 Å². The third kappa shape index (κ3) is 7.18. The molecular weight excluding hydrogens is 428 g/mol. The van der Waals surface area contributed by atoms with Gasteiger partial charge in [-0.25, -0.2) is 4.39 Å². The van der Waals surface area contributed by atoms with E-state index < -0.39 is 0 Å². The second-order valence-electron chi connectivity index (χ2n) is 4.86. The van der Waals surface area contributed by atoms with Gasteiger partial charge in [0.15, 0.2) is 5.96 Å². The summed E-state index contributed by atoms with van der Waals surface area (Å²) in [4.78, 5) is 4.17. The Kier molecular flexibility index (Phi) is 8.94. The molecule has 0 fully saturated rings. The zero-order chi connectivity index (χ0) is 15.8. The highest BCUT2D eigenvalue weighted by atomic mass is 127. The third-order valence-corrected chi connectivity index (χ3v) is 3.43. The SMILES string of the molecule is CN=C(NCCc1ccc(F)cc1)NCc1cccc(Cl)c1.I. The van der Waals surface area contributed by atoms with Crippen molar-refractivity contribution in [3.05, 3.63) is 70.5 Å². The van der Waals surface area contributed by atoms with Gasteiger partial charge in [0.2, 0.25) is 0 Å². The molecule has 124 valence electrons. The van der Waals surface area contributed by atoms with Gasteiger partial charge in [0.25, 0.3) is 0 Å². The number of nitrogens with zero attached hydrogens (tertiary/aromatic N) is 1. The summed E-state index contributed by atoms with van der Waals surface area (Å²) in [6.45, 7) is 1.37. The largest absolute Gasteiger partial charge is 0.356 e. The number of benzene rings is 2. The van der Waals surface area contributed by atoms with Crippen LogP contribution in [0, 0.1) is 5.82 Å². The lowest BCUT2D eigenvalue weighted by molar-refractivity contribution is 0.626. The summed E-state index contributed by atoms with van der Waals surface area (Å²) >= 11 is 5.96. The molecule has 3 nitrogen and oxygen atoms in total. The quantitative estimate of drug-likeness (QED) is 0.413. The van der Waals surface area contributed by atoms with Crippen LogP contribution < -0.4 is 10.6 Å². The predicted molar refractivity (Wildman–Crippen MR) is 105 cm³/mol. The molecule has 0 aliphatic heterocycles. The summed E-state index contributed by atoms with van der Waals surface area (Å²) in [6, 6.07) is 14.2. The predicted octanol–water partition coefficient (Wildman–Crippen LogP) is 4.00. The average molecular weight is 448 g/mol. The van der Waals surface area contributed by atoms with Gasteiger partial charge < -0.3 is 10.6 Å². The van der Waals surface area contributed by atoms with Crippen molar-refractivity contribution < 1.29 is 4.39 Å². The molecule has 2 rings (SSSR count). The highest BCUT2D eigenvalue weighted by Gasteiger charge is 2.00. The maximum atomic E-state index is 12.8. The zero-order valence-electron chi connectivity index (χ0n) is 12.9. The van der Waals surface area contributed by atoms with Gasteiger partial charge in [-0.15, -0.1) is 24.0 Å². The van der Waals surface area contributed by atoms with Crippen molar-refractivity contribution in [2.75, 3.05) is 13.6 Å². The van der Waals surface area contributed by atoms with E-state index in [1.807, 2.05) is 24.3 Å². The average Bonchev–Trinajstić information content (AvgIpc) is 2.52. The maximum absolute atomic E-state index is 12.8. The van der Waals surface area contributed by atoms with Gasteiger partial charge >= 0.3 is 0 Å². The van der Waals surface area contributed by atoms with E-state index in [1.54, 1.807) is 19.2 Å². The van der Waals surface area contributed by atoms with Crippen molar-refractivity contribution in [3.63, 3.8) is 0 Å². The van der Waals surface area contributed by atoms with Crippen molar-refractivity contribution in [2.45, 2.75) is 13.0 Å². The van der Waals surface area contributed by atoms with Gasteiger partial charge in [-0.3, -0.25) is 4.99 Å². The van der Waals surface area contributed by atoms with Crippen LogP contribution in [0.25, 0.3) is 0 Å². The van der Waals surface area contributed by atoms with E-state index >= 15 is 0 Å². The second-order valence-corrected chi connectivity index (χ2v) is 5.30. The van der Waals surface area contributed by atoms with Gasteiger partial charge in [-0.1, -0.05) is 35.9 Å². The van der Waals surface area contributed by atoms with Gasteiger partial charge in [0.1, 0.15) is 5.82 Å². The number of hydrogen-bond acceptors (Lipinski definition) is 1. The number of hydrogen-bond donors (Lipinski definition) is 2. The van der Waals surface area contributed by atoms with Crippen LogP contribution in [0.2, 0.25) is 5.02 Å². The Labute approximate surface area is 158 Å². The fourth-order valence-corrected chi connectivity index (χ4v) is 2.24. The Balaban J connectivity index is 0.00000264. The van der Waals surface area contributed by atoms with Crippen molar-refractivity contribution in [1.82, 2.24) is 10.6 Å². The summed E-state index contributed by atoms with van der Waals surface area (Å²) in [7, 11) is 1.73. The van der Waals surface area contributed by atoms with Gasteiger partial charge in [-0.2, -0.15) is 0 Å². The minimum absolute atomic E-state index is 0. The summed E-state index contributed by atoms with van der Waals surface area (Å²) in [5, 5.41) is 7.18. The summed E-state index contributed by atoms with van der Waals surface area (Å²) in [5.74, 6) is 0.512. The first-order chi connectivity index (χ1) is 10.7. The molecule has 0 aromatic heterocycles. The van der Waals surface area contributed by atoms with Crippen LogP contribution in [-0.2, 0) is 13.0 Å². The number of nitrogens with one attached hydrogen (secondary N) is 2. The minimum atomic E-state index is -0.212. The Morgan fingerprint density at radius 1 is 1.09 bits per heavy atom. The second kappa shape index (κ2) is 10.4. The van der Waals surface area contributed by atoms with Crippen molar-refractivity contribution >= 4 is 41.5 Å². The molecule has 0 radical (unpaired) electrons. The van der Waals surface area contributed by atoms with Gasteiger partial charge in [-0.05, 0) is 41.8 Å². The molecular formula is C17H20ClFIN3. The maximum Gasteiger partial charge on any atom is 0.191 e. The van der Waals surface area contributed by atoms with E-state index in [9.17, 15) is 4.39 Å². The smallest absolute Gasteiger partial charge is 0.191 e. The number of guanidine groups is 1. The summed E-state index contributed by atoms with van der Waals surface area (Å²) in [6.07, 6.45) is 0.804. The molecule has 0 spiro atoms. The number of rotatable bonds is 5. The summed E-state index contributed by atoms with van der Waals surface area (Å²) in [5.41, 5.74) is 2.17. The Morgan fingerprint density at radius 2 is 1.83 bits per heavy atom. The fraction of sp³-hybridized carbons (Fsp3) is 0.235. The molecule has 2 N–H and O–H groups in total. The van der Waals surface area contributed by atoms with Gasteiger partial charge in [0.05, 0.1) is 0 Å². The van der Waals surface area contributed by atoms with E-state index in [0.717, 1.165) is 35.1 Å². The third-order valence-electron chi connectivity index (χ3n) is 3.19. The van der Waals surface area contributed by atoms with Crippen LogP contribution in [0.15, 0.2) is 53.5 Å². The van der Waals surface area contributed by atoms with Crippen molar-refractivity contribution in [3.8, 4) is 0 Å². The molecule has 0 aliphatic carbocycles. The van der Waals surface area contributed by atoms with Crippen LogP contribution in [0.1, 0.15) is 11.1 Å². The molecule has 0 unspecified atom stereocenters. The Bertz CT molecular complexity index is 632. The van der Waals surface area contributed by atoms with Gasteiger partial charge in [0, 0.05) is 25.2 Å². The lowest BCUT2D eigenvalue weighted by Crippen LogP contribution is -2.37. The van der Waals surface area contributed by atoms with E-state index in [1.165, 1.54) is 12.1 Å². The molecule has 0 saturated carbocycles. The van der Waals surface area contributed by atoms with E-state index in [4.69, 9.17) is 11.6 Å². The number of aliphatic imine (C=N–C) groups is 1. The van der Waals surface area contributed by atoms with Crippen LogP contribution in [0.3, 0.4) is 0 Å². The molecule has 23 heavy (non-hydrogen) atoms. The minimum Gasteiger partial charge on any atom is -0.356 e. The van der Waals surface area contributed by atoms with Crippen molar-refractivity contribution in [1.29, 1.82) is 0 Å². The molecule has 0 aliphatic rings. The van der Waals surface area contributed by atoms with Crippen molar-refractivity contribution in [2.24, 2.45) is 4.99 Å². The first kappa shape index (κ1) is 19.7. The van der Waals surface area contributed by atoms with E-state index in [-0.39, 0.29) is 29.8 Å². The first-order valence-corrected chi connectivity index (χ1v) is 7.48.